The summed E-state index contributed by atoms with van der Waals surface area (Å²) in [5.41, 5.74) is 0.814. The van der Waals surface area contributed by atoms with Crippen LogP contribution in [-0.4, -0.2) is 30.3 Å². The van der Waals surface area contributed by atoms with E-state index in [0.717, 1.165) is 0 Å². The summed E-state index contributed by atoms with van der Waals surface area (Å²) in [5.74, 6) is -0.617. The zero-order valence-electron chi connectivity index (χ0n) is 11.8. The summed E-state index contributed by atoms with van der Waals surface area (Å²) in [6, 6.07) is 5.60. The van der Waals surface area contributed by atoms with E-state index < -0.39 is 18.0 Å². The molecule has 0 radical (unpaired) electrons. The van der Waals surface area contributed by atoms with Gasteiger partial charge in [0.05, 0.1) is 30.9 Å². The van der Waals surface area contributed by atoms with Gasteiger partial charge in [0, 0.05) is 12.1 Å². The number of carbonyl (C=O) groups is 2. The lowest BCUT2D eigenvalue weighted by Crippen LogP contribution is -2.38. The van der Waals surface area contributed by atoms with Gasteiger partial charge in [-0.05, 0) is 18.6 Å². The molecule has 21 heavy (non-hydrogen) atoms. The summed E-state index contributed by atoms with van der Waals surface area (Å²) in [7, 11) is 1.43. The third-order valence-electron chi connectivity index (χ3n) is 2.83. The van der Waals surface area contributed by atoms with Crippen LogP contribution in [-0.2, 0) is 4.79 Å². The normalized spacial score (nSPS) is 11.1. The predicted octanol–water partition coefficient (Wildman–Crippen LogP) is 1.94. The van der Waals surface area contributed by atoms with Crippen molar-refractivity contribution in [3.8, 4) is 11.8 Å². The maximum Gasteiger partial charge on any atom is 0.319 e. The van der Waals surface area contributed by atoms with Gasteiger partial charge in [-0.15, -0.1) is 0 Å². The van der Waals surface area contributed by atoms with Gasteiger partial charge in [-0.2, -0.15) is 5.26 Å². The number of ether oxygens (including phenoxy) is 1. The van der Waals surface area contributed by atoms with Crippen molar-refractivity contribution in [1.82, 2.24) is 5.32 Å². The summed E-state index contributed by atoms with van der Waals surface area (Å²) in [4.78, 5) is 22.5. The van der Waals surface area contributed by atoms with E-state index in [1.54, 1.807) is 19.1 Å². The zero-order chi connectivity index (χ0) is 15.8. The summed E-state index contributed by atoms with van der Waals surface area (Å²) in [6.07, 6.45) is 0.360. The number of anilines is 1. The highest BCUT2D eigenvalue weighted by Crippen LogP contribution is 2.25. The molecule has 1 unspecified atom stereocenters. The second kappa shape index (κ2) is 7.75. The first-order valence-electron chi connectivity index (χ1n) is 6.37. The Balaban J connectivity index is 2.74. The fourth-order valence-electron chi connectivity index (χ4n) is 1.72. The predicted molar refractivity (Wildman–Crippen MR) is 76.2 cm³/mol. The number of carboxylic acids is 1. The Hall–Kier alpha value is -2.75. The number of carbonyl (C=O) groups excluding carboxylic acids is 1. The second-order valence-corrected chi connectivity index (χ2v) is 4.33. The van der Waals surface area contributed by atoms with Crippen LogP contribution >= 0.6 is 0 Å². The lowest BCUT2D eigenvalue weighted by atomic mass is 10.1. The molecule has 0 saturated carbocycles. The van der Waals surface area contributed by atoms with Crippen LogP contribution in [0.15, 0.2) is 18.2 Å². The molecule has 0 aromatic heterocycles. The van der Waals surface area contributed by atoms with Crippen molar-refractivity contribution in [3.05, 3.63) is 23.8 Å². The fraction of sp³-hybridized carbons (Fsp3) is 0.357. The fourth-order valence-corrected chi connectivity index (χ4v) is 1.72. The summed E-state index contributed by atoms with van der Waals surface area (Å²) >= 11 is 0. The molecule has 1 aromatic carbocycles. The Morgan fingerprint density at radius 1 is 1.48 bits per heavy atom. The smallest absolute Gasteiger partial charge is 0.319 e. The summed E-state index contributed by atoms with van der Waals surface area (Å²) < 4.78 is 5.10. The third kappa shape index (κ3) is 5.03. The number of urea groups is 1. The first-order valence-corrected chi connectivity index (χ1v) is 6.37. The first-order chi connectivity index (χ1) is 9.99. The van der Waals surface area contributed by atoms with Crippen LogP contribution < -0.4 is 15.4 Å². The van der Waals surface area contributed by atoms with Crippen LogP contribution in [0, 0.1) is 11.3 Å². The van der Waals surface area contributed by atoms with Crippen LogP contribution in [0.3, 0.4) is 0 Å². The monoisotopic (exact) mass is 291 g/mol. The van der Waals surface area contributed by atoms with Gasteiger partial charge < -0.3 is 20.5 Å². The van der Waals surface area contributed by atoms with Crippen molar-refractivity contribution in [3.63, 3.8) is 0 Å². The average Bonchev–Trinajstić information content (AvgIpc) is 2.46. The number of nitrogens with zero attached hydrogens (tertiary/aromatic N) is 1. The Bertz CT molecular complexity index is 566. The molecular formula is C14H17N3O4. The van der Waals surface area contributed by atoms with Gasteiger partial charge in [0.1, 0.15) is 5.75 Å². The zero-order valence-corrected chi connectivity index (χ0v) is 11.8. The van der Waals surface area contributed by atoms with Crippen LogP contribution in [0.25, 0.3) is 0 Å². The number of hydrogen-bond donors (Lipinski definition) is 3. The molecule has 0 aliphatic heterocycles. The number of rotatable bonds is 6. The van der Waals surface area contributed by atoms with Crippen molar-refractivity contribution >= 4 is 17.7 Å². The molecule has 0 bridgehead atoms. The SMILES string of the molecule is CCC(CC(=O)O)NC(=O)Nc1ccc(C#N)cc1OC. The van der Waals surface area contributed by atoms with Crippen molar-refractivity contribution in [1.29, 1.82) is 5.26 Å². The van der Waals surface area contributed by atoms with E-state index in [1.165, 1.54) is 13.2 Å². The van der Waals surface area contributed by atoms with Crippen LogP contribution in [0.1, 0.15) is 25.3 Å². The number of carboxylic acid groups (broad SMARTS) is 1. The molecule has 112 valence electrons. The van der Waals surface area contributed by atoms with Crippen molar-refractivity contribution in [2.24, 2.45) is 0 Å². The molecule has 7 heteroatoms. The molecule has 1 atom stereocenters. The number of methoxy groups -OCH3 is 1. The number of nitrogens with one attached hydrogen (secondary N) is 2. The van der Waals surface area contributed by atoms with E-state index in [-0.39, 0.29) is 6.42 Å². The highest BCUT2D eigenvalue weighted by atomic mass is 16.5. The van der Waals surface area contributed by atoms with E-state index in [1.807, 2.05) is 6.07 Å². The van der Waals surface area contributed by atoms with Crippen molar-refractivity contribution < 1.29 is 19.4 Å². The van der Waals surface area contributed by atoms with Crippen molar-refractivity contribution in [2.45, 2.75) is 25.8 Å². The molecule has 0 heterocycles. The molecule has 7 nitrogen and oxygen atoms in total. The summed E-state index contributed by atoms with van der Waals surface area (Å²) in [5, 5.41) is 22.7. The lowest BCUT2D eigenvalue weighted by Gasteiger charge is -2.16. The van der Waals surface area contributed by atoms with Gasteiger partial charge >= 0.3 is 12.0 Å². The van der Waals surface area contributed by atoms with E-state index in [9.17, 15) is 9.59 Å². The molecule has 0 spiro atoms. The largest absolute Gasteiger partial charge is 0.495 e. The molecule has 0 aliphatic rings. The van der Waals surface area contributed by atoms with Gasteiger partial charge in [0.15, 0.2) is 0 Å². The molecular weight excluding hydrogens is 274 g/mol. The molecule has 0 aliphatic carbocycles. The van der Waals surface area contributed by atoms with E-state index in [0.29, 0.717) is 23.4 Å². The average molecular weight is 291 g/mol. The third-order valence-corrected chi connectivity index (χ3v) is 2.83. The Morgan fingerprint density at radius 2 is 2.19 bits per heavy atom. The van der Waals surface area contributed by atoms with Crippen LogP contribution in [0.5, 0.6) is 5.75 Å². The molecule has 0 saturated heterocycles. The highest BCUT2D eigenvalue weighted by Gasteiger charge is 2.15. The number of amides is 2. The Morgan fingerprint density at radius 3 is 2.71 bits per heavy atom. The van der Waals surface area contributed by atoms with E-state index in [4.69, 9.17) is 15.1 Å². The van der Waals surface area contributed by atoms with Crippen molar-refractivity contribution in [2.75, 3.05) is 12.4 Å². The molecule has 2 amide bonds. The van der Waals surface area contributed by atoms with E-state index in [2.05, 4.69) is 10.6 Å². The number of hydrogen-bond acceptors (Lipinski definition) is 4. The molecule has 3 N–H and O–H groups in total. The van der Waals surface area contributed by atoms with Crippen LogP contribution in [0.4, 0.5) is 10.5 Å². The maximum atomic E-state index is 11.9. The first kappa shape index (κ1) is 16.3. The topological polar surface area (TPSA) is 111 Å². The van der Waals surface area contributed by atoms with Gasteiger partial charge in [-0.3, -0.25) is 4.79 Å². The van der Waals surface area contributed by atoms with E-state index >= 15 is 0 Å². The maximum absolute atomic E-state index is 11.9. The minimum Gasteiger partial charge on any atom is -0.495 e. The minimum atomic E-state index is -0.974. The molecule has 1 aromatic rings. The van der Waals surface area contributed by atoms with Gasteiger partial charge in [0.2, 0.25) is 0 Å². The van der Waals surface area contributed by atoms with Gasteiger partial charge in [0.25, 0.3) is 0 Å². The van der Waals surface area contributed by atoms with Gasteiger partial charge in [-0.1, -0.05) is 6.92 Å². The molecule has 1 rings (SSSR count). The Labute approximate surface area is 122 Å². The quantitative estimate of drug-likeness (QED) is 0.741. The lowest BCUT2D eigenvalue weighted by molar-refractivity contribution is -0.137. The number of benzene rings is 1. The highest BCUT2D eigenvalue weighted by molar-refractivity contribution is 5.91. The molecule has 0 fully saturated rings. The number of aliphatic carboxylic acids is 1. The van der Waals surface area contributed by atoms with Crippen LogP contribution in [0.2, 0.25) is 0 Å². The second-order valence-electron chi connectivity index (χ2n) is 4.33. The van der Waals surface area contributed by atoms with Gasteiger partial charge in [-0.25, -0.2) is 4.79 Å². The summed E-state index contributed by atoms with van der Waals surface area (Å²) in [6.45, 7) is 1.79. The standard InChI is InChI=1S/C14H17N3O4/c1-3-10(7-13(18)19)16-14(20)17-11-5-4-9(8-15)6-12(11)21-2/h4-6,10H,3,7H2,1-2H3,(H,18,19)(H2,16,17,20). The Kier molecular flexibility index (Phi) is 6.01. The number of nitriles is 1. The minimum absolute atomic E-state index is 0.144.